The Bertz CT molecular complexity index is 665. The van der Waals surface area contributed by atoms with E-state index in [0.29, 0.717) is 17.4 Å². The first-order valence-electron chi connectivity index (χ1n) is 6.25. The van der Waals surface area contributed by atoms with Crippen molar-refractivity contribution in [2.24, 2.45) is 0 Å². The van der Waals surface area contributed by atoms with Crippen LogP contribution in [-0.4, -0.2) is 22.4 Å². The van der Waals surface area contributed by atoms with E-state index in [4.69, 9.17) is 11.6 Å². The quantitative estimate of drug-likeness (QED) is 0.907. The van der Waals surface area contributed by atoms with E-state index in [-0.39, 0.29) is 5.56 Å². The molecule has 2 N–H and O–H groups in total. The lowest BCUT2D eigenvalue weighted by Crippen LogP contribution is -2.30. The number of aromatic amines is 1. The summed E-state index contributed by atoms with van der Waals surface area (Å²) in [5.41, 5.74) is 0.279. The van der Waals surface area contributed by atoms with Gasteiger partial charge in [-0.1, -0.05) is 18.5 Å². The first-order chi connectivity index (χ1) is 9.61. The molecule has 0 unspecified atom stereocenters. The number of hydrogen-bond donors (Lipinski definition) is 2. The van der Waals surface area contributed by atoms with Gasteiger partial charge in [-0.15, -0.1) is 0 Å². The molecule has 104 valence electrons. The molecular formula is C14H14ClN3O2. The van der Waals surface area contributed by atoms with E-state index in [1.54, 1.807) is 24.3 Å². The van der Waals surface area contributed by atoms with Crippen LogP contribution >= 0.6 is 11.6 Å². The van der Waals surface area contributed by atoms with Crippen LogP contribution in [0.25, 0.3) is 11.4 Å². The van der Waals surface area contributed by atoms with Gasteiger partial charge in [0, 0.05) is 23.3 Å². The number of carbonyl (C=O) groups excluding carboxylic acids is 1. The molecule has 0 aliphatic rings. The molecule has 6 heteroatoms. The summed E-state index contributed by atoms with van der Waals surface area (Å²) in [6.07, 6.45) is 2.09. The molecule has 0 atom stereocenters. The number of rotatable bonds is 4. The van der Waals surface area contributed by atoms with Crippen molar-refractivity contribution in [2.45, 2.75) is 13.3 Å². The summed E-state index contributed by atoms with van der Waals surface area (Å²) < 4.78 is 0. The van der Waals surface area contributed by atoms with Crippen molar-refractivity contribution in [3.8, 4) is 11.4 Å². The van der Waals surface area contributed by atoms with E-state index in [2.05, 4.69) is 15.3 Å². The summed E-state index contributed by atoms with van der Waals surface area (Å²) in [7, 11) is 0. The summed E-state index contributed by atoms with van der Waals surface area (Å²) in [4.78, 5) is 30.3. The van der Waals surface area contributed by atoms with Crippen molar-refractivity contribution < 1.29 is 4.79 Å². The fourth-order valence-corrected chi connectivity index (χ4v) is 1.77. The minimum Gasteiger partial charge on any atom is -0.352 e. The second-order valence-electron chi connectivity index (χ2n) is 4.24. The van der Waals surface area contributed by atoms with Gasteiger partial charge in [-0.25, -0.2) is 4.98 Å². The number of hydrogen-bond acceptors (Lipinski definition) is 3. The van der Waals surface area contributed by atoms with Gasteiger partial charge in [-0.3, -0.25) is 9.59 Å². The number of halogens is 1. The zero-order chi connectivity index (χ0) is 14.5. The van der Waals surface area contributed by atoms with Crippen LogP contribution in [0.2, 0.25) is 5.02 Å². The number of nitrogens with one attached hydrogen (secondary N) is 2. The van der Waals surface area contributed by atoms with Gasteiger partial charge in [-0.2, -0.15) is 0 Å². The van der Waals surface area contributed by atoms with Crippen LogP contribution in [0.4, 0.5) is 0 Å². The Labute approximate surface area is 121 Å². The van der Waals surface area contributed by atoms with E-state index in [9.17, 15) is 9.59 Å². The van der Waals surface area contributed by atoms with Gasteiger partial charge in [0.2, 0.25) is 0 Å². The fourth-order valence-electron chi connectivity index (χ4n) is 1.64. The Kier molecular flexibility index (Phi) is 4.53. The maximum Gasteiger partial charge on any atom is 0.264 e. The molecule has 20 heavy (non-hydrogen) atoms. The molecule has 0 aliphatic carbocycles. The van der Waals surface area contributed by atoms with Crippen molar-refractivity contribution in [3.63, 3.8) is 0 Å². The van der Waals surface area contributed by atoms with Gasteiger partial charge in [0.25, 0.3) is 11.5 Å². The average molecular weight is 292 g/mol. The highest BCUT2D eigenvalue weighted by Crippen LogP contribution is 2.16. The minimum atomic E-state index is -0.460. The SMILES string of the molecule is CCCNC(=O)c1cnc(-c2ccc(Cl)cc2)[nH]c1=O. The monoisotopic (exact) mass is 291 g/mol. The Morgan fingerprint density at radius 3 is 2.65 bits per heavy atom. The number of benzene rings is 1. The van der Waals surface area contributed by atoms with Gasteiger partial charge in [0.05, 0.1) is 0 Å². The molecule has 1 aromatic heterocycles. The topological polar surface area (TPSA) is 74.8 Å². The smallest absolute Gasteiger partial charge is 0.264 e. The molecule has 0 radical (unpaired) electrons. The summed E-state index contributed by atoms with van der Waals surface area (Å²) in [5.74, 6) is -0.0121. The van der Waals surface area contributed by atoms with E-state index in [0.717, 1.165) is 12.0 Å². The predicted octanol–water partition coefficient (Wildman–Crippen LogP) is 2.23. The third kappa shape index (κ3) is 3.24. The van der Waals surface area contributed by atoms with Gasteiger partial charge >= 0.3 is 0 Å². The van der Waals surface area contributed by atoms with E-state index < -0.39 is 11.5 Å². The van der Waals surface area contributed by atoms with Crippen LogP contribution in [0.5, 0.6) is 0 Å². The summed E-state index contributed by atoms with van der Waals surface area (Å²) in [6.45, 7) is 2.46. The van der Waals surface area contributed by atoms with Crippen LogP contribution in [-0.2, 0) is 0 Å². The maximum absolute atomic E-state index is 11.9. The minimum absolute atomic E-state index is 0.0103. The van der Waals surface area contributed by atoms with Gasteiger partial charge in [0.1, 0.15) is 11.4 Å². The largest absolute Gasteiger partial charge is 0.352 e. The number of H-pyrrole nitrogens is 1. The molecule has 0 saturated carbocycles. The Morgan fingerprint density at radius 2 is 2.05 bits per heavy atom. The second kappa shape index (κ2) is 6.34. The van der Waals surface area contributed by atoms with Crippen LogP contribution < -0.4 is 10.9 Å². The molecule has 2 rings (SSSR count). The van der Waals surface area contributed by atoms with Crippen LogP contribution in [0.3, 0.4) is 0 Å². The van der Waals surface area contributed by atoms with Gasteiger partial charge in [0.15, 0.2) is 0 Å². The zero-order valence-corrected chi connectivity index (χ0v) is 11.7. The molecule has 0 saturated heterocycles. The third-order valence-corrected chi connectivity index (χ3v) is 2.95. The normalized spacial score (nSPS) is 10.3. The van der Waals surface area contributed by atoms with E-state index in [1.165, 1.54) is 6.20 Å². The third-order valence-electron chi connectivity index (χ3n) is 2.70. The predicted molar refractivity (Wildman–Crippen MR) is 77.9 cm³/mol. The molecule has 0 aliphatic heterocycles. The standard InChI is InChI=1S/C14H14ClN3O2/c1-2-7-16-13(19)11-8-17-12(18-14(11)20)9-3-5-10(15)6-4-9/h3-6,8H,2,7H2,1H3,(H,16,19)(H,17,18,20). The second-order valence-corrected chi connectivity index (χ2v) is 4.67. The van der Waals surface area contributed by atoms with Gasteiger partial charge in [-0.05, 0) is 30.7 Å². The van der Waals surface area contributed by atoms with Crippen molar-refractivity contribution >= 4 is 17.5 Å². The van der Waals surface area contributed by atoms with Crippen LogP contribution in [0.15, 0.2) is 35.3 Å². The molecule has 1 heterocycles. The van der Waals surface area contributed by atoms with Gasteiger partial charge < -0.3 is 10.3 Å². The first-order valence-corrected chi connectivity index (χ1v) is 6.63. The Balaban J connectivity index is 2.28. The summed E-state index contributed by atoms with van der Waals surface area (Å²) >= 11 is 5.80. The van der Waals surface area contributed by atoms with Crippen molar-refractivity contribution in [1.29, 1.82) is 0 Å². The fraction of sp³-hybridized carbons (Fsp3) is 0.214. The zero-order valence-electron chi connectivity index (χ0n) is 10.9. The highest BCUT2D eigenvalue weighted by molar-refractivity contribution is 6.30. The van der Waals surface area contributed by atoms with Crippen LogP contribution in [0.1, 0.15) is 23.7 Å². The summed E-state index contributed by atoms with van der Waals surface area (Å²) in [5, 5.41) is 3.24. The average Bonchev–Trinajstić information content (AvgIpc) is 2.45. The lowest BCUT2D eigenvalue weighted by atomic mass is 10.2. The van der Waals surface area contributed by atoms with Crippen molar-refractivity contribution in [3.05, 3.63) is 51.4 Å². The number of carbonyl (C=O) groups is 1. The number of aromatic nitrogens is 2. The molecule has 0 bridgehead atoms. The molecule has 0 fully saturated rings. The molecule has 5 nitrogen and oxygen atoms in total. The highest BCUT2D eigenvalue weighted by atomic mass is 35.5. The highest BCUT2D eigenvalue weighted by Gasteiger charge is 2.11. The van der Waals surface area contributed by atoms with Crippen molar-refractivity contribution in [1.82, 2.24) is 15.3 Å². The summed E-state index contributed by atoms with van der Waals surface area (Å²) in [6, 6.07) is 6.91. The first kappa shape index (κ1) is 14.3. The lowest BCUT2D eigenvalue weighted by Gasteiger charge is -2.04. The van der Waals surface area contributed by atoms with Crippen molar-refractivity contribution in [2.75, 3.05) is 6.54 Å². The molecule has 1 amide bonds. The Hall–Kier alpha value is -2.14. The molecule has 0 spiro atoms. The lowest BCUT2D eigenvalue weighted by molar-refractivity contribution is 0.0952. The molecule has 1 aromatic carbocycles. The molecular weight excluding hydrogens is 278 g/mol. The van der Waals surface area contributed by atoms with Crippen LogP contribution in [0, 0.1) is 0 Å². The maximum atomic E-state index is 11.9. The molecule has 2 aromatic rings. The number of amides is 1. The number of nitrogens with zero attached hydrogens (tertiary/aromatic N) is 1. The van der Waals surface area contributed by atoms with E-state index in [1.807, 2.05) is 6.92 Å². The Morgan fingerprint density at radius 1 is 1.35 bits per heavy atom. The van der Waals surface area contributed by atoms with E-state index >= 15 is 0 Å².